The van der Waals surface area contributed by atoms with E-state index in [9.17, 15) is 18.0 Å². The zero-order chi connectivity index (χ0) is 23.9. The Kier molecular flexibility index (Phi) is 5.88. The predicted molar refractivity (Wildman–Crippen MR) is 124 cm³/mol. The summed E-state index contributed by atoms with van der Waals surface area (Å²) < 4.78 is 48.0. The lowest BCUT2D eigenvalue weighted by Crippen LogP contribution is -2.49. The van der Waals surface area contributed by atoms with Crippen LogP contribution in [-0.4, -0.2) is 60.1 Å². The van der Waals surface area contributed by atoms with Gasteiger partial charge in [0.15, 0.2) is 6.04 Å². The number of thiophene rings is 1. The van der Waals surface area contributed by atoms with E-state index in [4.69, 9.17) is 4.74 Å². The van der Waals surface area contributed by atoms with Crippen molar-refractivity contribution in [3.05, 3.63) is 58.4 Å². The number of hydrogen-bond donors (Lipinski definition) is 1. The summed E-state index contributed by atoms with van der Waals surface area (Å²) in [6, 6.07) is 8.97. The maximum absolute atomic E-state index is 13.9. The summed E-state index contributed by atoms with van der Waals surface area (Å²) in [4.78, 5) is 18.0. The first-order chi connectivity index (χ1) is 16.4. The number of nitrogens with one attached hydrogen (secondary N) is 1. The van der Waals surface area contributed by atoms with Crippen LogP contribution in [0.3, 0.4) is 0 Å². The van der Waals surface area contributed by atoms with Crippen LogP contribution in [0.1, 0.15) is 33.7 Å². The first kappa shape index (κ1) is 22.6. The molecular weight excluding hydrogens is 467 g/mol. The van der Waals surface area contributed by atoms with Gasteiger partial charge in [-0.2, -0.15) is 18.3 Å². The SMILES string of the molecule is COc1ccccc1N1CCN(C(=O)c2cnn3c2NC(c2cccs2)CC3C(F)(F)F)CC1. The largest absolute Gasteiger partial charge is 0.495 e. The number of para-hydroxylation sites is 2. The quantitative estimate of drug-likeness (QED) is 0.579. The van der Waals surface area contributed by atoms with Crippen LogP contribution >= 0.6 is 11.3 Å². The van der Waals surface area contributed by atoms with E-state index in [0.29, 0.717) is 26.2 Å². The minimum atomic E-state index is -4.47. The number of anilines is 2. The van der Waals surface area contributed by atoms with Crippen LogP contribution in [0.15, 0.2) is 48.0 Å². The van der Waals surface area contributed by atoms with Crippen molar-refractivity contribution in [2.75, 3.05) is 43.5 Å². The fourth-order valence-corrected chi connectivity index (χ4v) is 5.40. The highest BCUT2D eigenvalue weighted by Crippen LogP contribution is 2.45. The number of nitrogens with zero attached hydrogens (tertiary/aromatic N) is 4. The molecule has 11 heteroatoms. The van der Waals surface area contributed by atoms with Crippen LogP contribution < -0.4 is 15.0 Å². The Hall–Kier alpha value is -3.21. The summed E-state index contributed by atoms with van der Waals surface area (Å²) in [5.41, 5.74) is 1.12. The number of amides is 1. The lowest BCUT2D eigenvalue weighted by Gasteiger charge is -2.37. The number of piperazine rings is 1. The molecule has 2 aliphatic heterocycles. The Bertz CT molecular complexity index is 1160. The third-order valence-electron chi connectivity index (χ3n) is 6.35. The van der Waals surface area contributed by atoms with Crippen LogP contribution in [0, 0.1) is 0 Å². The molecule has 2 aliphatic rings. The van der Waals surface area contributed by atoms with E-state index in [-0.39, 0.29) is 23.7 Å². The highest BCUT2D eigenvalue weighted by Gasteiger charge is 2.47. The number of carbonyl (C=O) groups is 1. The number of benzene rings is 1. The number of hydrogen-bond acceptors (Lipinski definition) is 6. The van der Waals surface area contributed by atoms with E-state index in [1.165, 1.54) is 17.5 Å². The van der Waals surface area contributed by atoms with E-state index in [1.54, 1.807) is 18.1 Å². The third kappa shape index (κ3) is 4.08. The van der Waals surface area contributed by atoms with E-state index in [1.807, 2.05) is 35.7 Å². The highest BCUT2D eigenvalue weighted by molar-refractivity contribution is 7.10. The Morgan fingerprint density at radius 3 is 2.59 bits per heavy atom. The van der Waals surface area contributed by atoms with Crippen molar-refractivity contribution in [3.8, 4) is 5.75 Å². The molecule has 1 N–H and O–H groups in total. The summed E-state index contributed by atoms with van der Waals surface area (Å²) >= 11 is 1.39. The molecule has 4 heterocycles. The zero-order valence-electron chi connectivity index (χ0n) is 18.5. The molecule has 0 radical (unpaired) electrons. The molecule has 2 aromatic heterocycles. The molecule has 7 nitrogen and oxygen atoms in total. The van der Waals surface area contributed by atoms with Gasteiger partial charge in [-0.3, -0.25) is 4.79 Å². The van der Waals surface area contributed by atoms with Crippen LogP contribution in [0.2, 0.25) is 0 Å². The molecule has 1 fully saturated rings. The van der Waals surface area contributed by atoms with Crippen LogP contribution in [0.25, 0.3) is 0 Å². The number of rotatable bonds is 4. The second-order valence-corrected chi connectivity index (χ2v) is 9.29. The Balaban J connectivity index is 1.36. The zero-order valence-corrected chi connectivity index (χ0v) is 19.3. The number of methoxy groups -OCH3 is 1. The van der Waals surface area contributed by atoms with Crippen molar-refractivity contribution in [2.45, 2.75) is 24.7 Å². The molecule has 0 aliphatic carbocycles. The second-order valence-electron chi connectivity index (χ2n) is 8.31. The lowest BCUT2D eigenvalue weighted by molar-refractivity contribution is -0.173. The number of ether oxygens (including phenoxy) is 1. The molecule has 1 aromatic carbocycles. The Morgan fingerprint density at radius 2 is 1.91 bits per heavy atom. The Morgan fingerprint density at radius 1 is 1.15 bits per heavy atom. The van der Waals surface area contributed by atoms with Crippen molar-refractivity contribution in [2.24, 2.45) is 0 Å². The fourth-order valence-electron chi connectivity index (χ4n) is 4.61. The van der Waals surface area contributed by atoms with Gasteiger partial charge in [0.25, 0.3) is 5.91 Å². The van der Waals surface area contributed by atoms with Crippen LogP contribution in [0.5, 0.6) is 5.75 Å². The smallest absolute Gasteiger partial charge is 0.410 e. The molecule has 5 rings (SSSR count). The second kappa shape index (κ2) is 8.86. The van der Waals surface area contributed by atoms with E-state index in [2.05, 4.69) is 15.3 Å². The molecule has 2 atom stereocenters. The Labute approximate surface area is 198 Å². The minimum absolute atomic E-state index is 0.129. The van der Waals surface area contributed by atoms with Gasteiger partial charge in [0, 0.05) is 37.5 Å². The lowest BCUT2D eigenvalue weighted by atomic mass is 10.0. The first-order valence-corrected chi connectivity index (χ1v) is 11.9. The van der Waals surface area contributed by atoms with Gasteiger partial charge in [-0.25, -0.2) is 4.68 Å². The normalized spacial score (nSPS) is 20.6. The van der Waals surface area contributed by atoms with Gasteiger partial charge in [-0.15, -0.1) is 11.3 Å². The van der Waals surface area contributed by atoms with Gasteiger partial charge >= 0.3 is 6.18 Å². The summed E-state index contributed by atoms with van der Waals surface area (Å²) in [5.74, 6) is 0.570. The molecule has 2 unspecified atom stereocenters. The maximum atomic E-state index is 13.9. The van der Waals surface area contributed by atoms with Gasteiger partial charge in [-0.05, 0) is 23.6 Å². The van der Waals surface area contributed by atoms with Crippen LogP contribution in [-0.2, 0) is 0 Å². The first-order valence-electron chi connectivity index (χ1n) is 11.0. The number of fused-ring (bicyclic) bond motifs is 1. The molecule has 0 bridgehead atoms. The maximum Gasteiger partial charge on any atom is 0.410 e. The fraction of sp³-hybridized carbons (Fsp3) is 0.391. The summed E-state index contributed by atoms with van der Waals surface area (Å²) in [5, 5.41) is 8.97. The third-order valence-corrected chi connectivity index (χ3v) is 7.33. The molecular formula is C23H24F3N5O2S. The summed E-state index contributed by atoms with van der Waals surface area (Å²) in [6.07, 6.45) is -3.39. The molecule has 1 saturated heterocycles. The van der Waals surface area contributed by atoms with E-state index in [0.717, 1.165) is 21.0 Å². The van der Waals surface area contributed by atoms with Gasteiger partial charge in [0.05, 0.1) is 25.0 Å². The predicted octanol–water partition coefficient (Wildman–Crippen LogP) is 4.58. The van der Waals surface area contributed by atoms with Gasteiger partial charge in [-0.1, -0.05) is 18.2 Å². The monoisotopic (exact) mass is 491 g/mol. The molecule has 3 aromatic rings. The van der Waals surface area contributed by atoms with Crippen molar-refractivity contribution < 1.29 is 22.7 Å². The molecule has 0 spiro atoms. The van der Waals surface area contributed by atoms with Crippen molar-refractivity contribution in [3.63, 3.8) is 0 Å². The molecule has 0 saturated carbocycles. The molecule has 34 heavy (non-hydrogen) atoms. The highest BCUT2D eigenvalue weighted by atomic mass is 32.1. The standard InChI is InChI=1S/C23H24F3N5O2S/c1-33-18-6-3-2-5-17(18)29-8-10-30(11-9-29)22(32)15-14-27-31-20(23(24,25)26)13-16(28-21(15)31)19-7-4-12-34-19/h2-7,12,14,16,20,28H,8-11,13H2,1H3. The van der Waals surface area contributed by atoms with E-state index < -0.39 is 18.3 Å². The number of aromatic nitrogens is 2. The number of alkyl halides is 3. The topological polar surface area (TPSA) is 62.6 Å². The average Bonchev–Trinajstić information content (AvgIpc) is 3.53. The number of carbonyl (C=O) groups excluding carboxylic acids is 1. The minimum Gasteiger partial charge on any atom is -0.495 e. The van der Waals surface area contributed by atoms with Gasteiger partial charge in [0.2, 0.25) is 0 Å². The van der Waals surface area contributed by atoms with Crippen LogP contribution in [0.4, 0.5) is 24.7 Å². The molecule has 1 amide bonds. The number of halogens is 3. The molecule has 180 valence electrons. The van der Waals surface area contributed by atoms with Crippen molar-refractivity contribution >= 4 is 28.7 Å². The summed E-state index contributed by atoms with van der Waals surface area (Å²) in [6.45, 7) is 2.06. The van der Waals surface area contributed by atoms with E-state index >= 15 is 0 Å². The average molecular weight is 492 g/mol. The van der Waals surface area contributed by atoms with Crippen molar-refractivity contribution in [1.29, 1.82) is 0 Å². The van der Waals surface area contributed by atoms with Crippen molar-refractivity contribution in [1.82, 2.24) is 14.7 Å². The summed E-state index contributed by atoms with van der Waals surface area (Å²) in [7, 11) is 1.62. The van der Waals surface area contributed by atoms with Gasteiger partial charge in [0.1, 0.15) is 17.1 Å². The van der Waals surface area contributed by atoms with Gasteiger partial charge < -0.3 is 19.9 Å².